The molecule has 0 bridgehead atoms. The third-order valence-corrected chi connectivity index (χ3v) is 3.86. The van der Waals surface area contributed by atoms with Crippen molar-refractivity contribution < 1.29 is 10.6 Å². The predicted molar refractivity (Wildman–Crippen MR) is 85.3 cm³/mol. The van der Waals surface area contributed by atoms with E-state index in [2.05, 4.69) is 30.2 Å². The van der Waals surface area contributed by atoms with E-state index < -0.39 is 6.23 Å². The first-order valence-corrected chi connectivity index (χ1v) is 7.02. The highest BCUT2D eigenvalue weighted by Gasteiger charge is 2.26. The number of anilines is 2. The van der Waals surface area contributed by atoms with Crippen LogP contribution in [0.5, 0.6) is 0 Å². The number of imidazole rings is 1. The fraction of sp³-hybridized carbons (Fsp3) is 0.250. The fourth-order valence-electron chi connectivity index (χ4n) is 2.50. The van der Waals surface area contributed by atoms with E-state index in [-0.39, 0.29) is 5.48 Å². The molecule has 0 fully saturated rings. The Morgan fingerprint density at radius 1 is 1.35 bits per heavy atom. The molecule has 11 heteroatoms. The molecule has 1 atom stereocenters. The molecule has 0 spiro atoms. The summed E-state index contributed by atoms with van der Waals surface area (Å²) in [5.41, 5.74) is 2.11. The topological polar surface area (TPSA) is 139 Å². The smallest absolute Gasteiger partial charge is 0.163 e. The molecule has 1 aliphatic heterocycles. The minimum Gasteiger partial charge on any atom is -0.412 e. The average Bonchev–Trinajstić information content (AvgIpc) is 3.13. The molecule has 0 amide bonds. The molecule has 0 aliphatic carbocycles. The molecule has 4 rings (SSSR count). The summed E-state index contributed by atoms with van der Waals surface area (Å²) in [5, 5.41) is 13.7. The second-order valence-corrected chi connectivity index (χ2v) is 5.23. The molecule has 10 nitrogen and oxygen atoms in total. The maximum Gasteiger partial charge on any atom is 0.163 e. The van der Waals surface area contributed by atoms with E-state index in [1.807, 2.05) is 0 Å². The van der Waals surface area contributed by atoms with E-state index in [1.54, 1.807) is 22.0 Å². The number of aromatic amines is 1. The third-order valence-electron chi connectivity index (χ3n) is 3.55. The van der Waals surface area contributed by atoms with Crippen molar-refractivity contribution in [3.05, 3.63) is 29.8 Å². The normalized spacial score (nSPS) is 14.2. The van der Waals surface area contributed by atoms with Crippen LogP contribution in [0.3, 0.4) is 0 Å². The molecule has 0 saturated heterocycles. The van der Waals surface area contributed by atoms with Crippen molar-refractivity contribution in [1.82, 2.24) is 29.5 Å². The summed E-state index contributed by atoms with van der Waals surface area (Å²) < 4.78 is 2.26. The minimum atomic E-state index is -0.769. The monoisotopic (exact) mass is 334 g/mol. The van der Waals surface area contributed by atoms with Gasteiger partial charge in [0, 0.05) is 0 Å². The minimum absolute atomic E-state index is 0. The molecule has 1 unspecified atom stereocenters. The molecule has 3 aromatic heterocycles. The zero-order valence-corrected chi connectivity index (χ0v) is 12.7. The number of nitrogens with zero attached hydrogens (tertiary/aromatic N) is 6. The number of rotatable bonds is 3. The number of aliphatic hydroxyl groups is 1. The van der Waals surface area contributed by atoms with Crippen molar-refractivity contribution in [2.45, 2.75) is 12.8 Å². The Labute approximate surface area is 135 Å². The Hall–Kier alpha value is -2.63. The lowest BCUT2D eigenvalue weighted by Gasteiger charge is -2.24. The molecule has 4 heterocycles. The number of hydrogen-bond acceptors (Lipinski definition) is 8. The summed E-state index contributed by atoms with van der Waals surface area (Å²) >= 11 is 5.16. The van der Waals surface area contributed by atoms with Crippen molar-refractivity contribution >= 4 is 34.9 Å². The van der Waals surface area contributed by atoms with Crippen LogP contribution in [0.4, 0.5) is 11.5 Å². The van der Waals surface area contributed by atoms with Crippen molar-refractivity contribution in [2.75, 3.05) is 16.9 Å². The summed E-state index contributed by atoms with van der Waals surface area (Å²) in [6, 6.07) is 0. The Bertz CT molecular complexity index is 894. The first-order valence-electron chi connectivity index (χ1n) is 6.61. The van der Waals surface area contributed by atoms with Crippen LogP contribution in [0, 0.1) is 4.64 Å². The van der Waals surface area contributed by atoms with Crippen LogP contribution in [0.25, 0.3) is 11.2 Å². The van der Waals surface area contributed by atoms with Gasteiger partial charge < -0.3 is 30.4 Å². The number of aromatic nitrogens is 6. The lowest BCUT2D eigenvalue weighted by atomic mass is 10.4. The molecule has 0 aromatic carbocycles. The number of hydrogen-bond donors (Lipinski definition) is 3. The van der Waals surface area contributed by atoms with Gasteiger partial charge in [-0.3, -0.25) is 0 Å². The molecule has 5 N–H and O–H groups in total. The largest absolute Gasteiger partial charge is 0.412 e. The highest BCUT2D eigenvalue weighted by atomic mass is 32.1. The van der Waals surface area contributed by atoms with Gasteiger partial charge in [-0.2, -0.15) is 0 Å². The Morgan fingerprint density at radius 2 is 2.22 bits per heavy atom. The number of fused-ring (bicyclic) bond motifs is 2. The second kappa shape index (κ2) is 5.87. The highest BCUT2D eigenvalue weighted by Crippen LogP contribution is 2.30. The standard InChI is InChI=1S/C12H12N8OS.H2O/c21-8(2-19-5-17-7-1-13-3-14-10(7)19)20-6-18-9-11(20)15-4-16-12(9)22;/h1,3-5,8,18,21H,2,6H2,(H,15,16,22);1H2. The van der Waals surface area contributed by atoms with Crippen LogP contribution in [-0.2, 0) is 6.54 Å². The van der Waals surface area contributed by atoms with E-state index in [1.165, 1.54) is 12.7 Å². The Balaban J connectivity index is 0.00000156. The Kier molecular flexibility index (Phi) is 3.90. The van der Waals surface area contributed by atoms with Gasteiger partial charge in [-0.15, -0.1) is 0 Å². The van der Waals surface area contributed by atoms with E-state index in [0.29, 0.717) is 29.0 Å². The third kappa shape index (κ3) is 2.50. The first kappa shape index (κ1) is 15.3. The molecule has 23 heavy (non-hydrogen) atoms. The van der Waals surface area contributed by atoms with Crippen LogP contribution >= 0.6 is 12.2 Å². The van der Waals surface area contributed by atoms with Gasteiger partial charge in [0.05, 0.1) is 32.1 Å². The van der Waals surface area contributed by atoms with Crippen molar-refractivity contribution in [3.63, 3.8) is 0 Å². The van der Waals surface area contributed by atoms with Gasteiger partial charge in [0.15, 0.2) is 10.3 Å². The Morgan fingerprint density at radius 3 is 3.09 bits per heavy atom. The zero-order chi connectivity index (χ0) is 15.1. The van der Waals surface area contributed by atoms with Crippen molar-refractivity contribution in [2.24, 2.45) is 0 Å². The molecule has 120 valence electrons. The van der Waals surface area contributed by atoms with Gasteiger partial charge in [0.1, 0.15) is 29.6 Å². The lowest BCUT2D eigenvalue weighted by Crippen LogP contribution is -2.38. The fourth-order valence-corrected chi connectivity index (χ4v) is 2.72. The van der Waals surface area contributed by atoms with Gasteiger partial charge in [0.2, 0.25) is 0 Å². The molecule has 3 aromatic rings. The maximum atomic E-state index is 10.5. The molecular weight excluding hydrogens is 320 g/mol. The van der Waals surface area contributed by atoms with Crippen LogP contribution in [0.2, 0.25) is 0 Å². The van der Waals surface area contributed by atoms with E-state index in [9.17, 15) is 5.11 Å². The lowest BCUT2D eigenvalue weighted by molar-refractivity contribution is 0.152. The predicted octanol–water partition coefficient (Wildman–Crippen LogP) is -0.338. The van der Waals surface area contributed by atoms with E-state index >= 15 is 0 Å². The van der Waals surface area contributed by atoms with Crippen LogP contribution in [0.15, 0.2) is 25.2 Å². The van der Waals surface area contributed by atoms with Crippen LogP contribution in [-0.4, -0.2) is 53.0 Å². The maximum absolute atomic E-state index is 10.5. The summed E-state index contributed by atoms with van der Waals surface area (Å²) in [7, 11) is 0. The van der Waals surface area contributed by atoms with Crippen molar-refractivity contribution in [1.29, 1.82) is 0 Å². The van der Waals surface area contributed by atoms with Crippen molar-refractivity contribution in [3.8, 4) is 0 Å². The summed E-state index contributed by atoms with van der Waals surface area (Å²) in [5.74, 6) is 0.728. The highest BCUT2D eigenvalue weighted by molar-refractivity contribution is 7.71. The summed E-state index contributed by atoms with van der Waals surface area (Å²) in [6.07, 6.45) is 5.49. The first-order chi connectivity index (χ1) is 10.7. The van der Waals surface area contributed by atoms with Gasteiger partial charge >= 0.3 is 0 Å². The SMILES string of the molecule is O.OC(Cn1cnc2cncnc21)N1CNc2c1[nH]cnc2=S. The number of nitrogens with one attached hydrogen (secondary N) is 2. The van der Waals surface area contributed by atoms with Gasteiger partial charge in [-0.1, -0.05) is 12.2 Å². The van der Waals surface area contributed by atoms with Gasteiger partial charge in [-0.05, 0) is 0 Å². The van der Waals surface area contributed by atoms with Gasteiger partial charge in [0.25, 0.3) is 0 Å². The molecule has 0 saturated carbocycles. The van der Waals surface area contributed by atoms with E-state index in [0.717, 1.165) is 11.5 Å². The van der Waals surface area contributed by atoms with Crippen LogP contribution in [0.1, 0.15) is 0 Å². The second-order valence-electron chi connectivity index (χ2n) is 4.85. The van der Waals surface area contributed by atoms with E-state index in [4.69, 9.17) is 12.2 Å². The van der Waals surface area contributed by atoms with Gasteiger partial charge in [-0.25, -0.2) is 19.9 Å². The summed E-state index contributed by atoms with van der Waals surface area (Å²) in [6.45, 7) is 0.765. The number of H-pyrrole nitrogens is 1. The van der Waals surface area contributed by atoms with Crippen LogP contribution < -0.4 is 10.2 Å². The average molecular weight is 334 g/mol. The summed E-state index contributed by atoms with van der Waals surface area (Å²) in [4.78, 5) is 21.1. The molecular formula is C12H14N8O2S. The number of aliphatic hydroxyl groups excluding tert-OH is 1. The molecule has 1 aliphatic rings. The quantitative estimate of drug-likeness (QED) is 0.553. The zero-order valence-electron chi connectivity index (χ0n) is 11.8. The molecule has 0 radical (unpaired) electrons.